The average Bonchev–Trinajstić information content (AvgIpc) is 2.78. The Bertz CT molecular complexity index is 212. The highest BCUT2D eigenvalue weighted by molar-refractivity contribution is 4.91. The molecule has 0 aromatic rings. The molecule has 1 aliphatic carbocycles. The molecule has 1 aliphatic heterocycles. The third-order valence-electron chi connectivity index (χ3n) is 3.74. The Balaban J connectivity index is 1.82. The van der Waals surface area contributed by atoms with Crippen LogP contribution < -0.4 is 5.32 Å². The third kappa shape index (κ3) is 2.52. The number of hydrogen-bond donors (Lipinski definition) is 1. The Hall–Kier alpha value is -0.120. The zero-order valence-electron chi connectivity index (χ0n) is 10.1. The SMILES string of the molecule is CC(C)C(C)NC1CCC2(C1)OCCO2. The van der Waals surface area contributed by atoms with E-state index in [0.29, 0.717) is 18.0 Å². The first kappa shape index (κ1) is 11.4. The highest BCUT2D eigenvalue weighted by Gasteiger charge is 2.44. The van der Waals surface area contributed by atoms with Crippen LogP contribution in [-0.2, 0) is 9.47 Å². The molecule has 88 valence electrons. The van der Waals surface area contributed by atoms with E-state index in [2.05, 4.69) is 26.1 Å². The molecule has 1 N–H and O–H groups in total. The van der Waals surface area contributed by atoms with Gasteiger partial charge >= 0.3 is 0 Å². The topological polar surface area (TPSA) is 30.5 Å². The molecule has 1 heterocycles. The van der Waals surface area contributed by atoms with Crippen LogP contribution in [0.3, 0.4) is 0 Å². The molecule has 0 aromatic carbocycles. The molecule has 2 unspecified atom stereocenters. The van der Waals surface area contributed by atoms with E-state index in [-0.39, 0.29) is 5.79 Å². The average molecular weight is 213 g/mol. The van der Waals surface area contributed by atoms with Crippen molar-refractivity contribution in [3.05, 3.63) is 0 Å². The molecule has 0 bridgehead atoms. The van der Waals surface area contributed by atoms with Gasteiger partial charge in [-0.2, -0.15) is 0 Å². The molecule has 2 rings (SSSR count). The van der Waals surface area contributed by atoms with Crippen LogP contribution in [0.2, 0.25) is 0 Å². The lowest BCUT2D eigenvalue weighted by molar-refractivity contribution is -0.151. The molecule has 3 heteroatoms. The van der Waals surface area contributed by atoms with E-state index in [9.17, 15) is 0 Å². The molecule has 15 heavy (non-hydrogen) atoms. The largest absolute Gasteiger partial charge is 0.347 e. The second kappa shape index (κ2) is 4.40. The summed E-state index contributed by atoms with van der Waals surface area (Å²) in [6.07, 6.45) is 3.25. The Morgan fingerprint density at radius 2 is 1.87 bits per heavy atom. The predicted molar refractivity (Wildman–Crippen MR) is 59.7 cm³/mol. The van der Waals surface area contributed by atoms with Crippen LogP contribution in [0, 0.1) is 5.92 Å². The lowest BCUT2D eigenvalue weighted by Gasteiger charge is -2.25. The fraction of sp³-hybridized carbons (Fsp3) is 1.00. The zero-order valence-corrected chi connectivity index (χ0v) is 10.1. The first-order valence-electron chi connectivity index (χ1n) is 6.15. The van der Waals surface area contributed by atoms with Crippen molar-refractivity contribution >= 4 is 0 Å². The molecular weight excluding hydrogens is 190 g/mol. The summed E-state index contributed by atoms with van der Waals surface area (Å²) >= 11 is 0. The van der Waals surface area contributed by atoms with E-state index in [1.165, 1.54) is 6.42 Å². The van der Waals surface area contributed by atoms with Gasteiger partial charge in [-0.1, -0.05) is 13.8 Å². The maximum atomic E-state index is 5.71. The van der Waals surface area contributed by atoms with Crippen molar-refractivity contribution in [2.24, 2.45) is 5.92 Å². The first-order valence-corrected chi connectivity index (χ1v) is 6.15. The van der Waals surface area contributed by atoms with Crippen molar-refractivity contribution < 1.29 is 9.47 Å². The van der Waals surface area contributed by atoms with E-state index in [4.69, 9.17) is 9.47 Å². The second-order valence-electron chi connectivity index (χ2n) is 5.25. The molecule has 1 saturated heterocycles. The molecule has 0 radical (unpaired) electrons. The van der Waals surface area contributed by atoms with Gasteiger partial charge in [0, 0.05) is 24.9 Å². The monoisotopic (exact) mass is 213 g/mol. The van der Waals surface area contributed by atoms with Gasteiger partial charge in [-0.25, -0.2) is 0 Å². The van der Waals surface area contributed by atoms with Gasteiger partial charge in [-0.3, -0.25) is 0 Å². The first-order chi connectivity index (χ1) is 7.11. The maximum absolute atomic E-state index is 5.71. The summed E-state index contributed by atoms with van der Waals surface area (Å²) in [5.74, 6) is 0.459. The van der Waals surface area contributed by atoms with Crippen LogP contribution in [0.5, 0.6) is 0 Å². The Morgan fingerprint density at radius 1 is 1.20 bits per heavy atom. The normalized spacial score (nSPS) is 31.6. The Morgan fingerprint density at radius 3 is 2.47 bits per heavy atom. The second-order valence-corrected chi connectivity index (χ2v) is 5.25. The highest BCUT2D eigenvalue weighted by atomic mass is 16.7. The molecule has 0 aromatic heterocycles. The highest BCUT2D eigenvalue weighted by Crippen LogP contribution is 2.37. The van der Waals surface area contributed by atoms with Crippen LogP contribution in [0.15, 0.2) is 0 Å². The van der Waals surface area contributed by atoms with Gasteiger partial charge in [0.1, 0.15) is 0 Å². The van der Waals surface area contributed by atoms with Crippen LogP contribution >= 0.6 is 0 Å². The molecule has 3 nitrogen and oxygen atoms in total. The molecule has 2 aliphatic rings. The van der Waals surface area contributed by atoms with Crippen molar-refractivity contribution in [2.45, 2.75) is 57.9 Å². The number of hydrogen-bond acceptors (Lipinski definition) is 3. The van der Waals surface area contributed by atoms with Gasteiger partial charge in [-0.05, 0) is 19.3 Å². The van der Waals surface area contributed by atoms with Gasteiger partial charge in [0.05, 0.1) is 13.2 Å². The van der Waals surface area contributed by atoms with Crippen molar-refractivity contribution in [2.75, 3.05) is 13.2 Å². The van der Waals surface area contributed by atoms with Crippen LogP contribution in [0.1, 0.15) is 40.0 Å². The third-order valence-corrected chi connectivity index (χ3v) is 3.74. The molecule has 2 fully saturated rings. The smallest absolute Gasteiger partial charge is 0.170 e. The minimum Gasteiger partial charge on any atom is -0.347 e. The number of ether oxygens (including phenoxy) is 2. The van der Waals surface area contributed by atoms with E-state index >= 15 is 0 Å². The van der Waals surface area contributed by atoms with Crippen LogP contribution in [0.4, 0.5) is 0 Å². The van der Waals surface area contributed by atoms with Gasteiger partial charge in [0.25, 0.3) is 0 Å². The summed E-state index contributed by atoms with van der Waals surface area (Å²) in [5, 5.41) is 3.67. The molecule has 1 saturated carbocycles. The van der Waals surface area contributed by atoms with Gasteiger partial charge in [0.15, 0.2) is 5.79 Å². The van der Waals surface area contributed by atoms with Crippen molar-refractivity contribution in [1.29, 1.82) is 0 Å². The maximum Gasteiger partial charge on any atom is 0.170 e. The molecule has 1 spiro atoms. The van der Waals surface area contributed by atoms with E-state index in [1.54, 1.807) is 0 Å². The zero-order chi connectivity index (χ0) is 10.9. The molecule has 0 amide bonds. The predicted octanol–water partition coefficient (Wildman–Crippen LogP) is 1.92. The molecular formula is C12H23NO2. The minimum absolute atomic E-state index is 0.228. The Labute approximate surface area is 92.5 Å². The summed E-state index contributed by atoms with van der Waals surface area (Å²) in [5.41, 5.74) is 0. The summed E-state index contributed by atoms with van der Waals surface area (Å²) in [6.45, 7) is 8.31. The van der Waals surface area contributed by atoms with Crippen LogP contribution in [-0.4, -0.2) is 31.1 Å². The standard InChI is InChI=1S/C12H23NO2/c1-9(2)10(3)13-11-4-5-12(8-11)14-6-7-15-12/h9-11,13H,4-8H2,1-3H3. The fourth-order valence-corrected chi connectivity index (χ4v) is 2.44. The minimum atomic E-state index is -0.228. The van der Waals surface area contributed by atoms with Gasteiger partial charge < -0.3 is 14.8 Å². The van der Waals surface area contributed by atoms with E-state index < -0.39 is 0 Å². The van der Waals surface area contributed by atoms with Crippen LogP contribution in [0.25, 0.3) is 0 Å². The quantitative estimate of drug-likeness (QED) is 0.777. The molecule has 2 atom stereocenters. The number of nitrogens with one attached hydrogen (secondary N) is 1. The van der Waals surface area contributed by atoms with E-state index in [0.717, 1.165) is 26.1 Å². The van der Waals surface area contributed by atoms with Crippen molar-refractivity contribution in [3.8, 4) is 0 Å². The summed E-state index contributed by atoms with van der Waals surface area (Å²) in [7, 11) is 0. The van der Waals surface area contributed by atoms with E-state index in [1.807, 2.05) is 0 Å². The summed E-state index contributed by atoms with van der Waals surface area (Å²) < 4.78 is 11.4. The van der Waals surface area contributed by atoms with Gasteiger partial charge in [0.2, 0.25) is 0 Å². The lowest BCUT2D eigenvalue weighted by Crippen LogP contribution is -2.39. The van der Waals surface area contributed by atoms with Crippen molar-refractivity contribution in [3.63, 3.8) is 0 Å². The summed E-state index contributed by atoms with van der Waals surface area (Å²) in [6, 6.07) is 1.15. The summed E-state index contributed by atoms with van der Waals surface area (Å²) in [4.78, 5) is 0. The van der Waals surface area contributed by atoms with Crippen molar-refractivity contribution in [1.82, 2.24) is 5.32 Å². The lowest BCUT2D eigenvalue weighted by atomic mass is 10.0. The Kier molecular flexibility index (Phi) is 3.33. The fourth-order valence-electron chi connectivity index (χ4n) is 2.44. The van der Waals surface area contributed by atoms with Gasteiger partial charge in [-0.15, -0.1) is 0 Å². The number of rotatable bonds is 3.